The van der Waals surface area contributed by atoms with E-state index in [0.717, 1.165) is 18.5 Å². The monoisotopic (exact) mass is 284 g/mol. The fourth-order valence-electron chi connectivity index (χ4n) is 1.96. The van der Waals surface area contributed by atoms with Gasteiger partial charge in [-0.15, -0.1) is 0 Å². The van der Waals surface area contributed by atoms with Gasteiger partial charge in [0, 0.05) is 25.1 Å². The molecule has 0 saturated carbocycles. The van der Waals surface area contributed by atoms with Gasteiger partial charge in [0.25, 0.3) is 5.91 Å². The molecule has 0 saturated heterocycles. The van der Waals surface area contributed by atoms with Crippen molar-refractivity contribution >= 4 is 11.7 Å². The molecule has 1 atom stereocenters. The van der Waals surface area contributed by atoms with Crippen molar-refractivity contribution in [2.45, 2.75) is 26.3 Å². The van der Waals surface area contributed by atoms with Gasteiger partial charge >= 0.3 is 0 Å². The lowest BCUT2D eigenvalue weighted by molar-refractivity contribution is 0.0940. The van der Waals surface area contributed by atoms with Gasteiger partial charge < -0.3 is 10.6 Å². The number of anilines is 1. The van der Waals surface area contributed by atoms with E-state index in [9.17, 15) is 4.79 Å². The summed E-state index contributed by atoms with van der Waals surface area (Å²) in [6, 6.07) is 7.23. The maximum atomic E-state index is 12.4. The molecular weight excluding hydrogens is 264 g/mol. The van der Waals surface area contributed by atoms with Gasteiger partial charge in [-0.1, -0.05) is 13.0 Å². The van der Waals surface area contributed by atoms with E-state index >= 15 is 0 Å². The van der Waals surface area contributed by atoms with Crippen LogP contribution < -0.4 is 10.6 Å². The van der Waals surface area contributed by atoms with Crippen molar-refractivity contribution in [3.63, 3.8) is 0 Å². The minimum atomic E-state index is -0.141. The van der Waals surface area contributed by atoms with Gasteiger partial charge in [0.15, 0.2) is 0 Å². The van der Waals surface area contributed by atoms with Crippen molar-refractivity contribution in [2.24, 2.45) is 0 Å². The maximum absolute atomic E-state index is 12.4. The molecule has 2 rings (SSSR count). The largest absolute Gasteiger partial charge is 0.369 e. The van der Waals surface area contributed by atoms with Crippen LogP contribution >= 0.6 is 0 Å². The number of nitrogens with zero attached hydrogens (tertiary/aromatic N) is 2. The fourth-order valence-corrected chi connectivity index (χ4v) is 1.96. The predicted molar refractivity (Wildman–Crippen MR) is 83.1 cm³/mol. The van der Waals surface area contributed by atoms with Crippen molar-refractivity contribution in [1.29, 1.82) is 0 Å². The van der Waals surface area contributed by atoms with Gasteiger partial charge in [-0.3, -0.25) is 9.78 Å². The quantitative estimate of drug-likeness (QED) is 0.856. The molecule has 0 bridgehead atoms. The van der Waals surface area contributed by atoms with Gasteiger partial charge in [0.05, 0.1) is 11.6 Å². The Hall–Kier alpha value is -2.43. The number of amides is 1. The highest BCUT2D eigenvalue weighted by Crippen LogP contribution is 2.15. The van der Waals surface area contributed by atoms with Crippen LogP contribution in [0, 0.1) is 0 Å². The first kappa shape index (κ1) is 15.0. The average molecular weight is 284 g/mol. The zero-order chi connectivity index (χ0) is 15.1. The Balaban J connectivity index is 2.10. The molecule has 2 aromatic rings. The third kappa shape index (κ3) is 4.02. The number of nitrogens with one attached hydrogen (secondary N) is 2. The van der Waals surface area contributed by atoms with Gasteiger partial charge in [0.1, 0.15) is 5.82 Å². The number of aromatic nitrogens is 2. The van der Waals surface area contributed by atoms with E-state index in [-0.39, 0.29) is 11.9 Å². The number of hydrogen-bond donors (Lipinski definition) is 2. The summed E-state index contributed by atoms with van der Waals surface area (Å²) in [6.07, 6.45) is 6.12. The first-order valence-electron chi connectivity index (χ1n) is 7.12. The third-order valence-corrected chi connectivity index (χ3v) is 3.13. The minimum absolute atomic E-state index is 0.106. The second-order valence-electron chi connectivity index (χ2n) is 4.81. The Morgan fingerprint density at radius 3 is 2.81 bits per heavy atom. The van der Waals surface area contributed by atoms with Gasteiger partial charge in [-0.25, -0.2) is 4.98 Å². The van der Waals surface area contributed by atoms with Crippen molar-refractivity contribution in [2.75, 3.05) is 11.9 Å². The minimum Gasteiger partial charge on any atom is -0.369 e. The first-order valence-corrected chi connectivity index (χ1v) is 7.12. The van der Waals surface area contributed by atoms with Crippen LogP contribution in [0.4, 0.5) is 5.82 Å². The van der Waals surface area contributed by atoms with Crippen LogP contribution in [0.25, 0.3) is 0 Å². The second kappa shape index (κ2) is 7.38. The van der Waals surface area contributed by atoms with Gasteiger partial charge in [0.2, 0.25) is 0 Å². The lowest BCUT2D eigenvalue weighted by atomic mass is 10.1. The molecule has 0 spiro atoms. The summed E-state index contributed by atoms with van der Waals surface area (Å²) in [5.41, 5.74) is 1.53. The molecule has 2 N–H and O–H groups in total. The van der Waals surface area contributed by atoms with Gasteiger partial charge in [-0.2, -0.15) is 0 Å². The molecule has 0 aromatic carbocycles. The third-order valence-electron chi connectivity index (χ3n) is 3.13. The average Bonchev–Trinajstić information content (AvgIpc) is 2.54. The molecule has 5 heteroatoms. The van der Waals surface area contributed by atoms with E-state index in [1.165, 1.54) is 0 Å². The zero-order valence-corrected chi connectivity index (χ0v) is 12.3. The molecule has 0 aliphatic carbocycles. The van der Waals surface area contributed by atoms with Crippen molar-refractivity contribution in [1.82, 2.24) is 15.3 Å². The highest BCUT2D eigenvalue weighted by molar-refractivity contribution is 5.98. The van der Waals surface area contributed by atoms with E-state index in [1.54, 1.807) is 30.7 Å². The molecular formula is C16H20N4O. The normalized spacial score (nSPS) is 11.7. The van der Waals surface area contributed by atoms with E-state index in [2.05, 4.69) is 27.5 Å². The van der Waals surface area contributed by atoms with Crippen molar-refractivity contribution in [3.05, 3.63) is 54.0 Å². The van der Waals surface area contributed by atoms with Crippen LogP contribution in [-0.4, -0.2) is 22.4 Å². The summed E-state index contributed by atoms with van der Waals surface area (Å²) in [5, 5.41) is 6.14. The Kier molecular flexibility index (Phi) is 5.26. The van der Waals surface area contributed by atoms with E-state index < -0.39 is 0 Å². The Morgan fingerprint density at radius 2 is 2.10 bits per heavy atom. The molecule has 1 amide bonds. The summed E-state index contributed by atoms with van der Waals surface area (Å²) in [5.74, 6) is 0.480. The van der Waals surface area contributed by atoms with Crippen LogP contribution in [0.1, 0.15) is 42.2 Å². The molecule has 1 unspecified atom stereocenters. The van der Waals surface area contributed by atoms with Crippen molar-refractivity contribution < 1.29 is 4.79 Å². The number of rotatable bonds is 6. The van der Waals surface area contributed by atoms with Crippen LogP contribution in [0.2, 0.25) is 0 Å². The van der Waals surface area contributed by atoms with Crippen molar-refractivity contribution in [3.8, 4) is 0 Å². The fraction of sp³-hybridized carbons (Fsp3) is 0.312. The van der Waals surface area contributed by atoms with Crippen LogP contribution in [0.5, 0.6) is 0 Å². The molecule has 0 aliphatic heterocycles. The zero-order valence-electron chi connectivity index (χ0n) is 12.3. The molecule has 2 heterocycles. The standard InChI is InChI=1S/C16H20N4O/c1-3-8-18-15-14(7-5-10-19-15)16(21)20-12(2)13-6-4-9-17-11-13/h4-7,9-12H,3,8H2,1-2H3,(H,18,19)(H,20,21). The van der Waals surface area contributed by atoms with E-state index in [0.29, 0.717) is 11.4 Å². The molecule has 2 aromatic heterocycles. The Bertz CT molecular complexity index is 586. The summed E-state index contributed by atoms with van der Waals surface area (Å²) in [4.78, 5) is 20.7. The van der Waals surface area contributed by atoms with E-state index in [4.69, 9.17) is 0 Å². The molecule has 0 aliphatic rings. The Morgan fingerprint density at radius 1 is 1.29 bits per heavy atom. The smallest absolute Gasteiger partial charge is 0.255 e. The topological polar surface area (TPSA) is 66.9 Å². The number of pyridine rings is 2. The van der Waals surface area contributed by atoms with E-state index in [1.807, 2.05) is 19.1 Å². The summed E-state index contributed by atoms with van der Waals surface area (Å²) in [7, 11) is 0. The van der Waals surface area contributed by atoms with Crippen LogP contribution in [-0.2, 0) is 0 Å². The Labute approximate surface area is 124 Å². The molecule has 0 fully saturated rings. The number of hydrogen-bond acceptors (Lipinski definition) is 4. The van der Waals surface area contributed by atoms with Crippen LogP contribution in [0.3, 0.4) is 0 Å². The van der Waals surface area contributed by atoms with Crippen LogP contribution in [0.15, 0.2) is 42.9 Å². The molecule has 21 heavy (non-hydrogen) atoms. The highest BCUT2D eigenvalue weighted by Gasteiger charge is 2.15. The molecule has 5 nitrogen and oxygen atoms in total. The number of carbonyl (C=O) groups is 1. The highest BCUT2D eigenvalue weighted by atomic mass is 16.1. The maximum Gasteiger partial charge on any atom is 0.255 e. The number of carbonyl (C=O) groups excluding carboxylic acids is 1. The first-order chi connectivity index (χ1) is 10.2. The van der Waals surface area contributed by atoms with Gasteiger partial charge in [-0.05, 0) is 37.1 Å². The summed E-state index contributed by atoms with van der Waals surface area (Å²) in [6.45, 7) is 4.79. The summed E-state index contributed by atoms with van der Waals surface area (Å²) >= 11 is 0. The molecule has 0 radical (unpaired) electrons. The lowest BCUT2D eigenvalue weighted by Gasteiger charge is -2.15. The lowest BCUT2D eigenvalue weighted by Crippen LogP contribution is -2.27. The summed E-state index contributed by atoms with van der Waals surface area (Å²) < 4.78 is 0. The second-order valence-corrected chi connectivity index (χ2v) is 4.81. The SMILES string of the molecule is CCCNc1ncccc1C(=O)NC(C)c1cccnc1. The molecule has 110 valence electrons. The predicted octanol–water partition coefficient (Wildman–Crippen LogP) is 2.79.